The van der Waals surface area contributed by atoms with E-state index >= 15 is 0 Å². The van der Waals surface area contributed by atoms with Crippen LogP contribution in [0.4, 0.5) is 0 Å². The molecule has 0 saturated carbocycles. The molecule has 0 unspecified atom stereocenters. The van der Waals surface area contributed by atoms with Gasteiger partial charge in [-0.25, -0.2) is 0 Å². The van der Waals surface area contributed by atoms with Gasteiger partial charge in [-0.3, -0.25) is 9.59 Å². The Morgan fingerprint density at radius 1 is 1.59 bits per heavy atom. The van der Waals surface area contributed by atoms with Crippen molar-refractivity contribution in [1.82, 2.24) is 10.5 Å². The topological polar surface area (TPSA) is 92.4 Å². The van der Waals surface area contributed by atoms with Crippen molar-refractivity contribution in [3.05, 3.63) is 17.5 Å². The maximum atomic E-state index is 11.8. The Labute approximate surface area is 99.0 Å². The highest BCUT2D eigenvalue weighted by Gasteiger charge is 2.29. The Bertz CT molecular complexity index is 427. The van der Waals surface area contributed by atoms with E-state index in [-0.39, 0.29) is 12.2 Å². The summed E-state index contributed by atoms with van der Waals surface area (Å²) >= 11 is 0. The van der Waals surface area contributed by atoms with Crippen molar-refractivity contribution in [2.24, 2.45) is 0 Å². The minimum absolute atomic E-state index is 0.0903. The van der Waals surface area contributed by atoms with Crippen LogP contribution in [0.25, 0.3) is 0 Å². The van der Waals surface area contributed by atoms with E-state index in [4.69, 9.17) is 9.63 Å². The van der Waals surface area contributed by atoms with Gasteiger partial charge in [0.05, 0.1) is 12.1 Å². The first kappa shape index (κ1) is 13.2. The summed E-state index contributed by atoms with van der Waals surface area (Å²) in [4.78, 5) is 22.5. The molecule has 1 amide bonds. The zero-order valence-electron chi connectivity index (χ0n) is 10.1. The smallest absolute Gasteiger partial charge is 0.305 e. The zero-order chi connectivity index (χ0) is 13.1. The van der Waals surface area contributed by atoms with E-state index < -0.39 is 17.4 Å². The van der Waals surface area contributed by atoms with Crippen LogP contribution in [-0.4, -0.2) is 27.7 Å². The summed E-state index contributed by atoms with van der Waals surface area (Å²) in [6.07, 6.45) is 0.376. The van der Waals surface area contributed by atoms with Gasteiger partial charge in [-0.05, 0) is 20.3 Å². The fourth-order valence-corrected chi connectivity index (χ4v) is 1.40. The van der Waals surface area contributed by atoms with E-state index in [1.54, 1.807) is 13.8 Å². The predicted octanol–water partition coefficient (Wildman–Crippen LogP) is 1.36. The van der Waals surface area contributed by atoms with Crippen molar-refractivity contribution in [2.45, 2.75) is 39.2 Å². The van der Waals surface area contributed by atoms with E-state index in [2.05, 4.69) is 10.5 Å². The normalized spacial score (nSPS) is 14.1. The lowest BCUT2D eigenvalue weighted by molar-refractivity contribution is -0.138. The van der Waals surface area contributed by atoms with Crippen LogP contribution in [0.1, 0.15) is 42.9 Å². The first-order valence-electron chi connectivity index (χ1n) is 5.34. The number of hydrogen-bond donors (Lipinski definition) is 2. The number of aromatic nitrogens is 1. The second kappa shape index (κ2) is 4.99. The lowest BCUT2D eigenvalue weighted by Gasteiger charge is -2.27. The number of nitrogens with zero attached hydrogens (tertiary/aromatic N) is 1. The molecule has 0 fully saturated rings. The lowest BCUT2D eigenvalue weighted by atomic mass is 9.94. The van der Waals surface area contributed by atoms with E-state index in [1.807, 2.05) is 6.92 Å². The van der Waals surface area contributed by atoms with E-state index in [1.165, 1.54) is 6.07 Å². The summed E-state index contributed by atoms with van der Waals surface area (Å²) in [6.45, 7) is 5.20. The number of carboxylic acid groups (broad SMARTS) is 1. The van der Waals surface area contributed by atoms with Crippen LogP contribution in [0.2, 0.25) is 0 Å². The Balaban J connectivity index is 2.74. The van der Waals surface area contributed by atoms with Crippen LogP contribution < -0.4 is 5.32 Å². The lowest BCUT2D eigenvalue weighted by Crippen LogP contribution is -2.46. The van der Waals surface area contributed by atoms with Gasteiger partial charge in [0.25, 0.3) is 5.91 Å². The average Bonchev–Trinajstić information content (AvgIpc) is 2.63. The van der Waals surface area contributed by atoms with Gasteiger partial charge in [0.1, 0.15) is 0 Å². The third-order valence-corrected chi connectivity index (χ3v) is 2.59. The molecule has 1 heterocycles. The van der Waals surface area contributed by atoms with Gasteiger partial charge in [-0.15, -0.1) is 0 Å². The SMILES string of the molecule is CC[C@](C)(CC(=O)O)NC(=O)c1cc(C)no1. The van der Waals surface area contributed by atoms with Crippen LogP contribution in [0.3, 0.4) is 0 Å². The van der Waals surface area contributed by atoms with E-state index in [0.717, 1.165) is 0 Å². The standard InChI is InChI=1S/C11H16N2O4/c1-4-11(3,6-9(14)15)12-10(16)8-5-7(2)13-17-8/h5H,4,6H2,1-3H3,(H,12,16)(H,14,15)/t11-/m1/s1. The van der Waals surface area contributed by atoms with Crippen molar-refractivity contribution in [3.63, 3.8) is 0 Å². The number of nitrogens with one attached hydrogen (secondary N) is 1. The Morgan fingerprint density at radius 2 is 2.24 bits per heavy atom. The molecule has 1 atom stereocenters. The molecule has 1 aromatic rings. The molecule has 0 aliphatic rings. The quantitative estimate of drug-likeness (QED) is 0.810. The maximum Gasteiger partial charge on any atom is 0.305 e. The summed E-state index contributed by atoms with van der Waals surface area (Å²) in [5.41, 5.74) is -0.185. The highest BCUT2D eigenvalue weighted by molar-refractivity contribution is 5.92. The summed E-state index contributed by atoms with van der Waals surface area (Å²) in [6, 6.07) is 1.51. The summed E-state index contributed by atoms with van der Waals surface area (Å²) in [5, 5.41) is 15.0. The van der Waals surface area contributed by atoms with Crippen LogP contribution >= 0.6 is 0 Å². The van der Waals surface area contributed by atoms with Crippen molar-refractivity contribution in [2.75, 3.05) is 0 Å². The minimum Gasteiger partial charge on any atom is -0.481 e. The van der Waals surface area contributed by atoms with Crippen molar-refractivity contribution in [3.8, 4) is 0 Å². The third kappa shape index (κ3) is 3.58. The average molecular weight is 240 g/mol. The monoisotopic (exact) mass is 240 g/mol. The van der Waals surface area contributed by atoms with Gasteiger partial charge in [0, 0.05) is 11.6 Å². The Morgan fingerprint density at radius 3 is 2.65 bits per heavy atom. The largest absolute Gasteiger partial charge is 0.481 e. The van der Waals surface area contributed by atoms with E-state index in [9.17, 15) is 9.59 Å². The molecule has 6 heteroatoms. The molecule has 0 radical (unpaired) electrons. The van der Waals surface area contributed by atoms with Gasteiger partial charge >= 0.3 is 5.97 Å². The Hall–Kier alpha value is -1.85. The molecule has 0 aliphatic heterocycles. The fourth-order valence-electron chi connectivity index (χ4n) is 1.40. The van der Waals surface area contributed by atoms with Gasteiger partial charge in [0.15, 0.2) is 0 Å². The van der Waals surface area contributed by atoms with Crippen molar-refractivity contribution >= 4 is 11.9 Å². The molecule has 6 nitrogen and oxygen atoms in total. The molecular formula is C11H16N2O4. The van der Waals surface area contributed by atoms with Crippen LogP contribution in [0.15, 0.2) is 10.6 Å². The van der Waals surface area contributed by atoms with Crippen LogP contribution in [0, 0.1) is 6.92 Å². The van der Waals surface area contributed by atoms with Gasteiger partial charge in [0.2, 0.25) is 5.76 Å². The number of carbonyl (C=O) groups is 2. The molecule has 2 N–H and O–H groups in total. The van der Waals surface area contributed by atoms with Gasteiger partial charge in [-0.2, -0.15) is 0 Å². The molecule has 1 rings (SSSR count). The van der Waals surface area contributed by atoms with E-state index in [0.29, 0.717) is 12.1 Å². The first-order valence-corrected chi connectivity index (χ1v) is 5.34. The Kier molecular flexibility index (Phi) is 3.88. The summed E-state index contributed by atoms with van der Waals surface area (Å²) in [5.74, 6) is -1.31. The predicted molar refractivity (Wildman–Crippen MR) is 59.7 cm³/mol. The highest BCUT2D eigenvalue weighted by atomic mass is 16.5. The molecule has 0 spiro atoms. The molecule has 17 heavy (non-hydrogen) atoms. The highest BCUT2D eigenvalue weighted by Crippen LogP contribution is 2.15. The second-order valence-electron chi connectivity index (χ2n) is 4.27. The minimum atomic E-state index is -0.955. The molecule has 1 aromatic heterocycles. The third-order valence-electron chi connectivity index (χ3n) is 2.59. The molecular weight excluding hydrogens is 224 g/mol. The molecule has 0 saturated heterocycles. The molecule has 0 bridgehead atoms. The molecule has 94 valence electrons. The second-order valence-corrected chi connectivity index (χ2v) is 4.27. The van der Waals surface area contributed by atoms with Crippen LogP contribution in [-0.2, 0) is 4.79 Å². The number of carbonyl (C=O) groups excluding carboxylic acids is 1. The van der Waals surface area contributed by atoms with Gasteiger partial charge in [-0.1, -0.05) is 12.1 Å². The first-order chi connectivity index (χ1) is 7.86. The number of aryl methyl sites for hydroxylation is 1. The number of carboxylic acids is 1. The fraction of sp³-hybridized carbons (Fsp3) is 0.545. The van der Waals surface area contributed by atoms with Gasteiger partial charge < -0.3 is 14.9 Å². The molecule has 0 aromatic carbocycles. The number of rotatable bonds is 5. The van der Waals surface area contributed by atoms with Crippen molar-refractivity contribution in [1.29, 1.82) is 0 Å². The van der Waals surface area contributed by atoms with Crippen LogP contribution in [0.5, 0.6) is 0 Å². The molecule has 0 aliphatic carbocycles. The number of aliphatic carboxylic acids is 1. The summed E-state index contributed by atoms with van der Waals surface area (Å²) < 4.78 is 4.81. The maximum absolute atomic E-state index is 11.8. The number of amides is 1. The summed E-state index contributed by atoms with van der Waals surface area (Å²) in [7, 11) is 0. The number of hydrogen-bond acceptors (Lipinski definition) is 4. The zero-order valence-corrected chi connectivity index (χ0v) is 10.1. The van der Waals surface area contributed by atoms with Crippen molar-refractivity contribution < 1.29 is 19.2 Å².